The number of methoxy groups -OCH3 is 2. The molecule has 0 saturated heterocycles. The van der Waals surface area contributed by atoms with Gasteiger partial charge in [0.2, 0.25) is 5.88 Å². The van der Waals surface area contributed by atoms with E-state index in [2.05, 4.69) is 21.6 Å². The second kappa shape index (κ2) is 4.86. The molecule has 1 heterocycles. The summed E-state index contributed by atoms with van der Waals surface area (Å²) in [6.45, 7) is 0. The molecule has 0 aliphatic heterocycles. The van der Waals surface area contributed by atoms with Gasteiger partial charge in [0.05, 0.1) is 19.9 Å². The van der Waals surface area contributed by atoms with E-state index in [9.17, 15) is 4.79 Å². The van der Waals surface area contributed by atoms with Crippen LogP contribution < -0.4 is 10.5 Å². The Morgan fingerprint density at radius 1 is 1.53 bits per heavy atom. The molecule has 0 fully saturated rings. The number of anilines is 1. The molecule has 0 bridgehead atoms. The molecule has 5 nitrogen and oxygen atoms in total. The lowest BCUT2D eigenvalue weighted by molar-refractivity contribution is -0.133. The number of rotatable bonds is 1. The highest BCUT2D eigenvalue weighted by Crippen LogP contribution is 2.17. The quantitative estimate of drug-likeness (QED) is 0.524. The fourth-order valence-corrected chi connectivity index (χ4v) is 0.882. The van der Waals surface area contributed by atoms with E-state index < -0.39 is 5.97 Å². The summed E-state index contributed by atoms with van der Waals surface area (Å²) in [6.07, 6.45) is 1.46. The van der Waals surface area contributed by atoms with E-state index in [0.29, 0.717) is 17.1 Å². The first-order chi connectivity index (χ1) is 7.17. The number of esters is 1. The van der Waals surface area contributed by atoms with Crippen LogP contribution in [0.2, 0.25) is 0 Å². The SMILES string of the molecule is COC(=O)C#Cc1cnc(OC)c(N)c1. The summed E-state index contributed by atoms with van der Waals surface area (Å²) in [5, 5.41) is 0. The van der Waals surface area contributed by atoms with Gasteiger partial charge in [-0.15, -0.1) is 0 Å². The van der Waals surface area contributed by atoms with Crippen molar-refractivity contribution in [3.05, 3.63) is 17.8 Å². The van der Waals surface area contributed by atoms with Crippen molar-refractivity contribution in [3.8, 4) is 17.7 Å². The minimum Gasteiger partial charge on any atom is -0.480 e. The third kappa shape index (κ3) is 2.88. The van der Waals surface area contributed by atoms with Crippen LogP contribution in [0.15, 0.2) is 12.3 Å². The molecule has 0 aliphatic carbocycles. The molecule has 5 heteroatoms. The van der Waals surface area contributed by atoms with Crippen LogP contribution in [-0.4, -0.2) is 25.2 Å². The average molecular weight is 206 g/mol. The van der Waals surface area contributed by atoms with Crippen molar-refractivity contribution in [1.29, 1.82) is 0 Å². The predicted molar refractivity (Wildman–Crippen MR) is 54.1 cm³/mol. The van der Waals surface area contributed by atoms with E-state index in [1.54, 1.807) is 6.07 Å². The third-order valence-corrected chi connectivity index (χ3v) is 1.57. The minimum absolute atomic E-state index is 0.332. The van der Waals surface area contributed by atoms with Gasteiger partial charge in [0, 0.05) is 17.7 Å². The van der Waals surface area contributed by atoms with Crippen LogP contribution in [0.25, 0.3) is 0 Å². The number of hydrogen-bond donors (Lipinski definition) is 1. The number of nitrogens with two attached hydrogens (primary N) is 1. The van der Waals surface area contributed by atoms with E-state index in [4.69, 9.17) is 10.5 Å². The van der Waals surface area contributed by atoms with Gasteiger partial charge >= 0.3 is 5.97 Å². The Morgan fingerprint density at radius 3 is 2.80 bits per heavy atom. The lowest BCUT2D eigenvalue weighted by Crippen LogP contribution is -1.97. The maximum atomic E-state index is 10.7. The number of hydrogen-bond acceptors (Lipinski definition) is 5. The first-order valence-corrected chi connectivity index (χ1v) is 4.07. The first-order valence-electron chi connectivity index (χ1n) is 4.07. The van der Waals surface area contributed by atoms with Crippen molar-refractivity contribution >= 4 is 11.7 Å². The Balaban J connectivity index is 2.92. The zero-order valence-electron chi connectivity index (χ0n) is 8.40. The maximum Gasteiger partial charge on any atom is 0.384 e. The summed E-state index contributed by atoms with van der Waals surface area (Å²) in [7, 11) is 2.73. The van der Waals surface area contributed by atoms with Gasteiger partial charge in [-0.25, -0.2) is 9.78 Å². The van der Waals surface area contributed by atoms with Crippen LogP contribution in [0.1, 0.15) is 5.56 Å². The van der Waals surface area contributed by atoms with Gasteiger partial charge < -0.3 is 15.2 Å². The highest BCUT2D eigenvalue weighted by Gasteiger charge is 2.00. The Bertz CT molecular complexity index is 432. The molecule has 0 unspecified atom stereocenters. The molecule has 0 spiro atoms. The molecule has 2 N–H and O–H groups in total. The number of carbonyl (C=O) groups is 1. The van der Waals surface area contributed by atoms with Crippen molar-refractivity contribution < 1.29 is 14.3 Å². The van der Waals surface area contributed by atoms with Crippen molar-refractivity contribution in [2.24, 2.45) is 0 Å². The molecule has 0 amide bonds. The van der Waals surface area contributed by atoms with E-state index in [1.807, 2.05) is 0 Å². The molecule has 15 heavy (non-hydrogen) atoms. The molecular weight excluding hydrogens is 196 g/mol. The number of nitrogens with zero attached hydrogens (tertiary/aromatic N) is 1. The lowest BCUT2D eigenvalue weighted by atomic mass is 10.2. The van der Waals surface area contributed by atoms with Gasteiger partial charge in [-0.05, 0) is 6.07 Å². The predicted octanol–water partition coefficient (Wildman–Crippen LogP) is 0.197. The summed E-state index contributed by atoms with van der Waals surface area (Å²) in [5.41, 5.74) is 6.50. The molecular formula is C10H10N2O3. The summed E-state index contributed by atoms with van der Waals surface area (Å²) in [6, 6.07) is 1.57. The monoisotopic (exact) mass is 206 g/mol. The van der Waals surface area contributed by atoms with E-state index in [-0.39, 0.29) is 0 Å². The number of ether oxygens (including phenoxy) is 2. The van der Waals surface area contributed by atoms with Gasteiger partial charge in [0.15, 0.2) is 0 Å². The van der Waals surface area contributed by atoms with Crippen LogP contribution >= 0.6 is 0 Å². The zero-order chi connectivity index (χ0) is 11.3. The normalized spacial score (nSPS) is 8.67. The van der Waals surface area contributed by atoms with Crippen molar-refractivity contribution in [3.63, 3.8) is 0 Å². The second-order valence-corrected chi connectivity index (χ2v) is 2.56. The van der Waals surface area contributed by atoms with Gasteiger partial charge in [-0.1, -0.05) is 5.92 Å². The van der Waals surface area contributed by atoms with Crippen LogP contribution in [0.4, 0.5) is 5.69 Å². The zero-order valence-corrected chi connectivity index (χ0v) is 8.40. The maximum absolute atomic E-state index is 10.7. The number of nitrogen functional groups attached to an aromatic ring is 1. The molecule has 0 radical (unpaired) electrons. The van der Waals surface area contributed by atoms with E-state index >= 15 is 0 Å². The van der Waals surface area contributed by atoms with E-state index in [0.717, 1.165) is 0 Å². The van der Waals surface area contributed by atoms with Crippen molar-refractivity contribution in [1.82, 2.24) is 4.98 Å². The molecule has 1 aromatic heterocycles. The van der Waals surface area contributed by atoms with Crippen LogP contribution in [0, 0.1) is 11.8 Å². The van der Waals surface area contributed by atoms with Gasteiger partial charge in [0.1, 0.15) is 0 Å². The summed E-state index contributed by atoms with van der Waals surface area (Å²) >= 11 is 0. The average Bonchev–Trinajstić information content (AvgIpc) is 2.26. The summed E-state index contributed by atoms with van der Waals surface area (Å²) in [5.74, 6) is 4.56. The van der Waals surface area contributed by atoms with Gasteiger partial charge in [0.25, 0.3) is 0 Å². The molecule has 1 aromatic rings. The van der Waals surface area contributed by atoms with Crippen LogP contribution in [0.5, 0.6) is 5.88 Å². The highest BCUT2D eigenvalue weighted by atomic mass is 16.5. The number of carbonyl (C=O) groups excluding carboxylic acids is 1. The summed E-state index contributed by atoms with van der Waals surface area (Å²) < 4.78 is 9.23. The molecule has 0 saturated carbocycles. The number of pyridine rings is 1. The largest absolute Gasteiger partial charge is 0.480 e. The third-order valence-electron chi connectivity index (χ3n) is 1.57. The Labute approximate surface area is 87.2 Å². The Kier molecular flexibility index (Phi) is 3.52. The van der Waals surface area contributed by atoms with Crippen LogP contribution in [0.3, 0.4) is 0 Å². The Hall–Kier alpha value is -2.22. The number of aromatic nitrogens is 1. The second-order valence-electron chi connectivity index (χ2n) is 2.56. The molecule has 78 valence electrons. The Morgan fingerprint density at radius 2 is 2.27 bits per heavy atom. The smallest absolute Gasteiger partial charge is 0.384 e. The van der Waals surface area contributed by atoms with Crippen LogP contribution in [-0.2, 0) is 9.53 Å². The van der Waals surface area contributed by atoms with Crippen molar-refractivity contribution in [2.45, 2.75) is 0 Å². The molecule has 0 aliphatic rings. The minimum atomic E-state index is -0.607. The van der Waals surface area contributed by atoms with Gasteiger partial charge in [-0.3, -0.25) is 0 Å². The summed E-state index contributed by atoms with van der Waals surface area (Å²) in [4.78, 5) is 14.6. The van der Waals surface area contributed by atoms with Gasteiger partial charge in [-0.2, -0.15) is 0 Å². The molecule has 0 aromatic carbocycles. The topological polar surface area (TPSA) is 74.4 Å². The first kappa shape index (κ1) is 10.9. The molecule has 1 rings (SSSR count). The fraction of sp³-hybridized carbons (Fsp3) is 0.200. The fourth-order valence-electron chi connectivity index (χ4n) is 0.882. The molecule has 0 atom stereocenters. The lowest BCUT2D eigenvalue weighted by Gasteiger charge is -2.01. The van der Waals surface area contributed by atoms with Crippen molar-refractivity contribution in [2.75, 3.05) is 20.0 Å². The highest BCUT2D eigenvalue weighted by molar-refractivity contribution is 5.89. The standard InChI is InChI=1S/C10H10N2O3/c1-14-9(13)4-3-7-5-8(11)10(15-2)12-6-7/h5-6H,11H2,1-2H3. The van der Waals surface area contributed by atoms with E-state index in [1.165, 1.54) is 20.4 Å².